The summed E-state index contributed by atoms with van der Waals surface area (Å²) >= 11 is 0. The van der Waals surface area contributed by atoms with Crippen molar-refractivity contribution in [3.8, 4) is 0 Å². The first kappa shape index (κ1) is 21.0. The zero-order valence-corrected chi connectivity index (χ0v) is 17.7. The summed E-state index contributed by atoms with van der Waals surface area (Å²) in [6.07, 6.45) is -1.08. The molecule has 1 unspecified atom stereocenters. The zero-order chi connectivity index (χ0) is 22.1. The Hall–Kier alpha value is -2.26. The number of rotatable bonds is 4. The molecule has 1 saturated carbocycles. The van der Waals surface area contributed by atoms with Crippen molar-refractivity contribution in [2.24, 2.45) is 10.8 Å². The number of ketones is 1. The molecule has 3 fully saturated rings. The van der Waals surface area contributed by atoms with Crippen LogP contribution >= 0.6 is 0 Å². The van der Waals surface area contributed by atoms with E-state index in [1.807, 2.05) is 6.92 Å². The molecular weight excluding hydrogens is 396 g/mol. The summed E-state index contributed by atoms with van der Waals surface area (Å²) in [5, 5.41) is 0. The zero-order valence-electron chi connectivity index (χ0n) is 17.7. The lowest BCUT2D eigenvalue weighted by Crippen LogP contribution is -2.71. The smallest absolute Gasteiger partial charge is 0.303 e. The van der Waals surface area contributed by atoms with Crippen molar-refractivity contribution in [2.45, 2.75) is 71.1 Å². The van der Waals surface area contributed by atoms with Crippen molar-refractivity contribution >= 4 is 23.7 Å². The monoisotopic (exact) mass is 422 g/mol. The summed E-state index contributed by atoms with van der Waals surface area (Å²) in [6.45, 7) is 7.49. The van der Waals surface area contributed by atoms with Gasteiger partial charge in [0.05, 0.1) is 18.1 Å². The van der Waals surface area contributed by atoms with Crippen LogP contribution in [-0.2, 0) is 42.9 Å². The highest BCUT2D eigenvalue weighted by atomic mass is 16.7. The van der Waals surface area contributed by atoms with E-state index in [-0.39, 0.29) is 12.4 Å². The summed E-state index contributed by atoms with van der Waals surface area (Å²) in [6, 6.07) is 0. The quantitative estimate of drug-likeness (QED) is 0.369. The van der Waals surface area contributed by atoms with Crippen molar-refractivity contribution in [1.82, 2.24) is 0 Å². The molecular formula is C21H26O9. The van der Waals surface area contributed by atoms with Crippen LogP contribution in [-0.4, -0.2) is 66.9 Å². The predicted molar refractivity (Wildman–Crippen MR) is 99.0 cm³/mol. The summed E-state index contributed by atoms with van der Waals surface area (Å²) in [5.41, 5.74) is -2.51. The molecule has 7 atom stereocenters. The molecule has 0 aromatic heterocycles. The van der Waals surface area contributed by atoms with E-state index in [4.69, 9.17) is 23.7 Å². The highest BCUT2D eigenvalue weighted by Gasteiger charge is 2.84. The van der Waals surface area contributed by atoms with Crippen molar-refractivity contribution in [1.29, 1.82) is 0 Å². The van der Waals surface area contributed by atoms with E-state index in [2.05, 4.69) is 0 Å². The number of hydrogen-bond donors (Lipinski definition) is 0. The van der Waals surface area contributed by atoms with Crippen LogP contribution in [0.25, 0.3) is 0 Å². The third-order valence-electron chi connectivity index (χ3n) is 7.24. The fourth-order valence-corrected chi connectivity index (χ4v) is 5.79. The minimum absolute atomic E-state index is 0.207. The van der Waals surface area contributed by atoms with Gasteiger partial charge in [-0.05, 0) is 25.0 Å². The number of esters is 3. The molecule has 2 heterocycles. The van der Waals surface area contributed by atoms with Gasteiger partial charge in [0.15, 0.2) is 11.9 Å². The molecule has 4 rings (SSSR count). The van der Waals surface area contributed by atoms with E-state index in [0.29, 0.717) is 18.6 Å². The van der Waals surface area contributed by atoms with Crippen molar-refractivity contribution < 1.29 is 42.9 Å². The Morgan fingerprint density at radius 2 is 1.77 bits per heavy atom. The Bertz CT molecular complexity index is 857. The van der Waals surface area contributed by atoms with Crippen LogP contribution < -0.4 is 0 Å². The Morgan fingerprint density at radius 1 is 1.13 bits per heavy atom. The molecule has 9 heteroatoms. The maximum atomic E-state index is 13.2. The molecule has 9 nitrogen and oxygen atoms in total. The van der Waals surface area contributed by atoms with Crippen LogP contribution in [0.3, 0.4) is 0 Å². The highest BCUT2D eigenvalue weighted by Crippen LogP contribution is 2.71. The van der Waals surface area contributed by atoms with E-state index in [1.165, 1.54) is 20.8 Å². The van der Waals surface area contributed by atoms with E-state index in [1.54, 1.807) is 13.0 Å². The molecule has 4 aliphatic rings. The molecule has 2 aliphatic heterocycles. The number of carbonyl (C=O) groups excluding carboxylic acids is 4. The highest BCUT2D eigenvalue weighted by molar-refractivity contribution is 6.01. The molecule has 2 bridgehead atoms. The average Bonchev–Trinajstić information content (AvgIpc) is 3.40. The maximum Gasteiger partial charge on any atom is 0.303 e. The number of ether oxygens (including phenoxy) is 5. The second-order valence-corrected chi connectivity index (χ2v) is 8.86. The summed E-state index contributed by atoms with van der Waals surface area (Å²) in [7, 11) is 0. The minimum Gasteiger partial charge on any atom is -0.465 e. The van der Waals surface area contributed by atoms with Gasteiger partial charge in [-0.1, -0.05) is 6.92 Å². The lowest BCUT2D eigenvalue weighted by atomic mass is 9.50. The number of fused-ring (bicyclic) bond motifs is 2. The predicted octanol–water partition coefficient (Wildman–Crippen LogP) is 0.875. The van der Waals surface area contributed by atoms with E-state index in [0.717, 1.165) is 0 Å². The van der Waals surface area contributed by atoms with Gasteiger partial charge in [-0.2, -0.15) is 0 Å². The Morgan fingerprint density at radius 3 is 2.30 bits per heavy atom. The first-order valence-corrected chi connectivity index (χ1v) is 9.98. The van der Waals surface area contributed by atoms with Gasteiger partial charge >= 0.3 is 17.9 Å². The molecule has 1 spiro atoms. The second kappa shape index (κ2) is 6.62. The first-order chi connectivity index (χ1) is 14.0. The Labute approximate surface area is 174 Å². The minimum atomic E-state index is -1.23. The van der Waals surface area contributed by atoms with Crippen LogP contribution in [0.1, 0.15) is 41.0 Å². The summed E-state index contributed by atoms with van der Waals surface area (Å²) < 4.78 is 28.8. The molecule has 0 aromatic rings. The number of epoxide rings is 1. The Kier molecular flexibility index (Phi) is 4.63. The summed E-state index contributed by atoms with van der Waals surface area (Å²) in [4.78, 5) is 48.7. The summed E-state index contributed by atoms with van der Waals surface area (Å²) in [5.74, 6) is -1.99. The largest absolute Gasteiger partial charge is 0.465 e. The molecule has 2 saturated heterocycles. The van der Waals surface area contributed by atoms with Crippen LogP contribution in [0, 0.1) is 10.8 Å². The van der Waals surface area contributed by atoms with Gasteiger partial charge < -0.3 is 23.7 Å². The Balaban J connectivity index is 1.90. The van der Waals surface area contributed by atoms with Gasteiger partial charge in [0, 0.05) is 26.2 Å². The molecule has 0 amide bonds. The fourth-order valence-electron chi connectivity index (χ4n) is 5.79. The molecule has 0 aromatic carbocycles. The molecule has 0 radical (unpaired) electrons. The third kappa shape index (κ3) is 2.61. The third-order valence-corrected chi connectivity index (χ3v) is 7.24. The van der Waals surface area contributed by atoms with Gasteiger partial charge in [0.1, 0.15) is 24.4 Å². The van der Waals surface area contributed by atoms with Gasteiger partial charge in [0.2, 0.25) is 0 Å². The average molecular weight is 422 g/mol. The fraction of sp³-hybridized carbons (Fsp3) is 0.714. The van der Waals surface area contributed by atoms with E-state index >= 15 is 0 Å². The lowest BCUT2D eigenvalue weighted by molar-refractivity contribution is -0.252. The number of Topliss-reactive ketones (excluding diaryl/α,β-unsaturated/α-hetero) is 1. The standard InChI is InChI=1S/C21H26O9/c1-10-6-15-20(8-26-11(2)22,18(16(10)25)29-13(4)24)19(5)7-14(28-12(3)23)17(30-15)21(19)9-27-21/h6,14-15,17-18H,7-9H2,1-5H3/t14-,15-,17-,18-,19?,20-,21+/m1/s1. The maximum absolute atomic E-state index is 13.2. The van der Waals surface area contributed by atoms with Crippen molar-refractivity contribution in [3.63, 3.8) is 0 Å². The number of hydrogen-bond acceptors (Lipinski definition) is 9. The normalized spacial score (nSPS) is 43.5. The van der Waals surface area contributed by atoms with Crippen molar-refractivity contribution in [2.75, 3.05) is 13.2 Å². The molecule has 2 aliphatic carbocycles. The van der Waals surface area contributed by atoms with Gasteiger partial charge in [-0.25, -0.2) is 0 Å². The number of carbonyl (C=O) groups is 4. The van der Waals surface area contributed by atoms with Crippen LogP contribution in [0.2, 0.25) is 0 Å². The van der Waals surface area contributed by atoms with Crippen LogP contribution in [0.5, 0.6) is 0 Å². The topological polar surface area (TPSA) is 118 Å². The van der Waals surface area contributed by atoms with Gasteiger partial charge in [-0.3, -0.25) is 19.2 Å². The van der Waals surface area contributed by atoms with E-state index in [9.17, 15) is 19.2 Å². The van der Waals surface area contributed by atoms with E-state index < -0.39 is 58.8 Å². The van der Waals surface area contributed by atoms with Crippen molar-refractivity contribution in [3.05, 3.63) is 11.6 Å². The van der Waals surface area contributed by atoms with Gasteiger partial charge in [-0.15, -0.1) is 0 Å². The molecule has 30 heavy (non-hydrogen) atoms. The second-order valence-electron chi connectivity index (χ2n) is 8.86. The van der Waals surface area contributed by atoms with Crippen LogP contribution in [0.15, 0.2) is 11.6 Å². The first-order valence-electron chi connectivity index (χ1n) is 9.98. The SMILES string of the molecule is CC(=O)OC[C@]12[C@H](OC(C)=O)C(=O)C(C)=C[C@H]1O[C@@H]1[C@H](OC(C)=O)CC2(C)[C@]12CO2. The molecule has 0 N–H and O–H groups in total. The van der Waals surface area contributed by atoms with Crippen LogP contribution in [0.4, 0.5) is 0 Å². The van der Waals surface area contributed by atoms with Gasteiger partial charge in [0.25, 0.3) is 0 Å². The lowest BCUT2D eigenvalue weighted by Gasteiger charge is -2.58. The molecule has 164 valence electrons.